The van der Waals surface area contributed by atoms with E-state index in [1.54, 1.807) is 0 Å². The standard InChI is InChI=1S/C14H30/c1-6-8-13(5)11-14(9-7-2)10-12(3)4/h12-14H,6-11H2,1-5H3. The van der Waals surface area contributed by atoms with Crippen molar-refractivity contribution in [1.29, 1.82) is 0 Å². The van der Waals surface area contributed by atoms with Crippen molar-refractivity contribution < 1.29 is 0 Å². The van der Waals surface area contributed by atoms with Crippen molar-refractivity contribution in [2.45, 2.75) is 73.1 Å². The number of rotatable bonds is 8. The summed E-state index contributed by atoms with van der Waals surface area (Å²) in [7, 11) is 0. The number of hydrogen-bond acceptors (Lipinski definition) is 0. The first-order valence-electron chi connectivity index (χ1n) is 6.60. The molecule has 0 N–H and O–H groups in total. The fourth-order valence-corrected chi connectivity index (χ4v) is 2.59. The highest BCUT2D eigenvalue weighted by molar-refractivity contribution is 4.65. The molecule has 0 saturated carbocycles. The van der Waals surface area contributed by atoms with Crippen LogP contribution >= 0.6 is 0 Å². The van der Waals surface area contributed by atoms with Gasteiger partial charge in [0.1, 0.15) is 0 Å². The van der Waals surface area contributed by atoms with Crippen LogP contribution in [-0.2, 0) is 0 Å². The first kappa shape index (κ1) is 14.0. The molecule has 0 nitrogen and oxygen atoms in total. The van der Waals surface area contributed by atoms with E-state index in [9.17, 15) is 0 Å². The molecule has 14 heavy (non-hydrogen) atoms. The third kappa shape index (κ3) is 7.41. The zero-order valence-corrected chi connectivity index (χ0v) is 11.0. The summed E-state index contributed by atoms with van der Waals surface area (Å²) in [5.41, 5.74) is 0. The van der Waals surface area contributed by atoms with Crippen LogP contribution in [0.2, 0.25) is 0 Å². The van der Waals surface area contributed by atoms with E-state index in [1.165, 1.54) is 38.5 Å². The Hall–Kier alpha value is 0. The summed E-state index contributed by atoms with van der Waals surface area (Å²) in [5.74, 6) is 2.80. The van der Waals surface area contributed by atoms with E-state index < -0.39 is 0 Å². The van der Waals surface area contributed by atoms with Crippen molar-refractivity contribution in [2.24, 2.45) is 17.8 Å². The minimum Gasteiger partial charge on any atom is -0.0654 e. The Labute approximate surface area is 91.5 Å². The second-order valence-electron chi connectivity index (χ2n) is 5.41. The lowest BCUT2D eigenvalue weighted by Crippen LogP contribution is -2.09. The first-order chi connectivity index (χ1) is 6.60. The van der Waals surface area contributed by atoms with Crippen LogP contribution in [0.25, 0.3) is 0 Å². The van der Waals surface area contributed by atoms with Crippen molar-refractivity contribution >= 4 is 0 Å². The first-order valence-corrected chi connectivity index (χ1v) is 6.60. The molecular weight excluding hydrogens is 168 g/mol. The highest BCUT2D eigenvalue weighted by atomic mass is 14.2. The van der Waals surface area contributed by atoms with E-state index in [-0.39, 0.29) is 0 Å². The van der Waals surface area contributed by atoms with Gasteiger partial charge >= 0.3 is 0 Å². The molecule has 0 saturated heterocycles. The fraction of sp³-hybridized carbons (Fsp3) is 1.00. The Morgan fingerprint density at radius 1 is 0.786 bits per heavy atom. The van der Waals surface area contributed by atoms with Crippen molar-refractivity contribution in [3.63, 3.8) is 0 Å². The van der Waals surface area contributed by atoms with Crippen LogP contribution in [0.1, 0.15) is 73.1 Å². The number of hydrogen-bond donors (Lipinski definition) is 0. The molecule has 0 aromatic carbocycles. The quantitative estimate of drug-likeness (QED) is 0.498. The highest BCUT2D eigenvalue weighted by Crippen LogP contribution is 2.26. The van der Waals surface area contributed by atoms with E-state index in [2.05, 4.69) is 34.6 Å². The van der Waals surface area contributed by atoms with E-state index in [1.807, 2.05) is 0 Å². The van der Waals surface area contributed by atoms with Gasteiger partial charge in [-0.15, -0.1) is 0 Å². The molecule has 0 aromatic heterocycles. The summed E-state index contributed by atoms with van der Waals surface area (Å²) in [6.07, 6.45) is 8.45. The van der Waals surface area contributed by atoms with E-state index in [0.29, 0.717) is 0 Å². The summed E-state index contributed by atoms with van der Waals surface area (Å²) in [6, 6.07) is 0. The van der Waals surface area contributed by atoms with Gasteiger partial charge in [0.15, 0.2) is 0 Å². The lowest BCUT2D eigenvalue weighted by atomic mass is 9.84. The molecule has 0 heteroatoms. The van der Waals surface area contributed by atoms with Crippen molar-refractivity contribution in [1.82, 2.24) is 0 Å². The lowest BCUT2D eigenvalue weighted by Gasteiger charge is -2.22. The van der Waals surface area contributed by atoms with Crippen LogP contribution in [0.5, 0.6) is 0 Å². The van der Waals surface area contributed by atoms with E-state index in [0.717, 1.165) is 17.8 Å². The second kappa shape index (κ2) is 8.32. The Bertz CT molecular complexity index is 115. The lowest BCUT2D eigenvalue weighted by molar-refractivity contribution is 0.303. The van der Waals surface area contributed by atoms with Gasteiger partial charge in [-0.05, 0) is 30.6 Å². The molecule has 0 aliphatic heterocycles. The molecule has 0 aromatic rings. The van der Waals surface area contributed by atoms with Gasteiger partial charge in [-0.3, -0.25) is 0 Å². The smallest absolute Gasteiger partial charge is 0.0409 e. The third-order valence-electron chi connectivity index (χ3n) is 3.02. The fourth-order valence-electron chi connectivity index (χ4n) is 2.59. The van der Waals surface area contributed by atoms with Gasteiger partial charge in [0.25, 0.3) is 0 Å². The maximum Gasteiger partial charge on any atom is -0.0409 e. The molecule has 0 aliphatic carbocycles. The molecule has 0 radical (unpaired) electrons. The minimum absolute atomic E-state index is 0.875. The molecule has 2 unspecified atom stereocenters. The zero-order valence-electron chi connectivity index (χ0n) is 11.0. The molecule has 0 heterocycles. The van der Waals surface area contributed by atoms with E-state index >= 15 is 0 Å². The highest BCUT2D eigenvalue weighted by Gasteiger charge is 2.13. The molecule has 0 aliphatic rings. The average molecular weight is 198 g/mol. The predicted molar refractivity (Wildman–Crippen MR) is 66.5 cm³/mol. The van der Waals surface area contributed by atoms with Crippen LogP contribution in [0.4, 0.5) is 0 Å². The van der Waals surface area contributed by atoms with Gasteiger partial charge in [0.2, 0.25) is 0 Å². The summed E-state index contributed by atoms with van der Waals surface area (Å²) >= 11 is 0. The third-order valence-corrected chi connectivity index (χ3v) is 3.02. The molecule has 0 spiro atoms. The van der Waals surface area contributed by atoms with Gasteiger partial charge in [0.05, 0.1) is 0 Å². The largest absolute Gasteiger partial charge is 0.0654 e. The topological polar surface area (TPSA) is 0 Å². The predicted octanol–water partition coefficient (Wildman–Crippen LogP) is 5.28. The summed E-state index contributed by atoms with van der Waals surface area (Å²) < 4.78 is 0. The molecule has 2 atom stereocenters. The van der Waals surface area contributed by atoms with Crippen molar-refractivity contribution in [2.75, 3.05) is 0 Å². The zero-order chi connectivity index (χ0) is 11.0. The van der Waals surface area contributed by atoms with Crippen LogP contribution < -0.4 is 0 Å². The van der Waals surface area contributed by atoms with Gasteiger partial charge in [-0.1, -0.05) is 60.3 Å². The van der Waals surface area contributed by atoms with Crippen molar-refractivity contribution in [3.8, 4) is 0 Å². The maximum absolute atomic E-state index is 2.42. The molecule has 0 rings (SSSR count). The summed E-state index contributed by atoms with van der Waals surface area (Å²) in [6.45, 7) is 11.7. The minimum atomic E-state index is 0.875. The SMILES string of the molecule is CCCC(C)CC(CCC)CC(C)C. The Morgan fingerprint density at radius 3 is 1.79 bits per heavy atom. The molecule has 86 valence electrons. The Morgan fingerprint density at radius 2 is 1.36 bits per heavy atom. The summed E-state index contributed by atoms with van der Waals surface area (Å²) in [4.78, 5) is 0. The van der Waals surface area contributed by atoms with Crippen LogP contribution in [0.15, 0.2) is 0 Å². The van der Waals surface area contributed by atoms with Crippen LogP contribution in [-0.4, -0.2) is 0 Å². The maximum atomic E-state index is 2.42. The monoisotopic (exact) mass is 198 g/mol. The average Bonchev–Trinajstić information content (AvgIpc) is 2.03. The summed E-state index contributed by atoms with van der Waals surface area (Å²) in [5, 5.41) is 0. The second-order valence-corrected chi connectivity index (χ2v) is 5.41. The molecule has 0 fully saturated rings. The van der Waals surface area contributed by atoms with Gasteiger partial charge in [0, 0.05) is 0 Å². The Balaban J connectivity index is 3.81. The van der Waals surface area contributed by atoms with Crippen molar-refractivity contribution in [3.05, 3.63) is 0 Å². The van der Waals surface area contributed by atoms with Crippen LogP contribution in [0.3, 0.4) is 0 Å². The molecule has 0 amide bonds. The Kier molecular flexibility index (Phi) is 8.32. The normalized spacial score (nSPS) is 15.9. The molecular formula is C14H30. The van der Waals surface area contributed by atoms with Crippen LogP contribution in [0, 0.1) is 17.8 Å². The van der Waals surface area contributed by atoms with Gasteiger partial charge < -0.3 is 0 Å². The molecule has 0 bridgehead atoms. The van der Waals surface area contributed by atoms with E-state index in [4.69, 9.17) is 0 Å². The van der Waals surface area contributed by atoms with Gasteiger partial charge in [-0.2, -0.15) is 0 Å². The van der Waals surface area contributed by atoms with Gasteiger partial charge in [-0.25, -0.2) is 0 Å².